The van der Waals surface area contributed by atoms with Crippen LogP contribution in [0.25, 0.3) is 0 Å². The Bertz CT molecular complexity index is 554. The molecule has 1 atom stereocenters. The Hall–Kier alpha value is -0.0800. The summed E-state index contributed by atoms with van der Waals surface area (Å²) in [5.74, 6) is 0.552. The van der Waals surface area contributed by atoms with Crippen LogP contribution in [0.2, 0.25) is 0 Å². The summed E-state index contributed by atoms with van der Waals surface area (Å²) in [4.78, 5) is 0.119. The molecule has 20 heavy (non-hydrogen) atoms. The lowest BCUT2D eigenvalue weighted by molar-refractivity contribution is 0.0946. The molecule has 0 amide bonds. The Morgan fingerprint density at radius 2 is 2.30 bits per heavy atom. The lowest BCUT2D eigenvalue weighted by Crippen LogP contribution is -2.37. The highest BCUT2D eigenvalue weighted by atomic mass is 79.9. The molecule has 1 aliphatic heterocycles. The number of alkyl halides is 1. The Balaban J connectivity index is 2.23. The molecule has 0 bridgehead atoms. The van der Waals surface area contributed by atoms with Crippen LogP contribution in [-0.4, -0.2) is 38.5 Å². The van der Waals surface area contributed by atoms with E-state index in [1.165, 1.54) is 10.4 Å². The van der Waals surface area contributed by atoms with Crippen LogP contribution in [0.15, 0.2) is 20.0 Å². The molecule has 0 radical (unpaired) electrons. The van der Waals surface area contributed by atoms with Crippen molar-refractivity contribution < 1.29 is 17.6 Å². The molecule has 0 aliphatic carbocycles. The molecule has 1 fully saturated rings. The van der Waals surface area contributed by atoms with E-state index in [1.807, 2.05) is 6.92 Å². The first-order valence-electron chi connectivity index (χ1n) is 6.45. The zero-order valence-corrected chi connectivity index (χ0v) is 14.3. The summed E-state index contributed by atoms with van der Waals surface area (Å²) in [6, 6.07) is 1.46. The molecule has 1 aliphatic rings. The normalized spacial score (nSPS) is 19.9. The second-order valence-electron chi connectivity index (χ2n) is 4.58. The van der Waals surface area contributed by atoms with Gasteiger partial charge in [-0.05, 0) is 28.8 Å². The number of hydrogen-bond acceptors (Lipinski definition) is 4. The maximum absolute atomic E-state index is 12.6. The zero-order chi connectivity index (χ0) is 14.8. The lowest BCUT2D eigenvalue weighted by Gasteiger charge is -2.22. The van der Waals surface area contributed by atoms with Gasteiger partial charge in [0.15, 0.2) is 4.67 Å². The highest BCUT2D eigenvalue weighted by molar-refractivity contribution is 9.10. The standard InChI is InChI=1S/C12H17BrClNO4S/c1-2-15(8-9-4-3-5-18-9)20(16,17)11-6-10(7-14)19-12(11)13/h6,9H,2-5,7-8H2,1H3. The number of ether oxygens (including phenoxy) is 1. The highest BCUT2D eigenvalue weighted by Crippen LogP contribution is 2.30. The second kappa shape index (κ2) is 6.79. The predicted molar refractivity (Wildman–Crippen MR) is 79.4 cm³/mol. The molecule has 2 rings (SSSR count). The first kappa shape index (κ1) is 16.3. The molecule has 1 aromatic heterocycles. The van der Waals surface area contributed by atoms with Gasteiger partial charge >= 0.3 is 0 Å². The van der Waals surface area contributed by atoms with E-state index in [4.69, 9.17) is 20.8 Å². The minimum absolute atomic E-state index is 0.0251. The summed E-state index contributed by atoms with van der Waals surface area (Å²) in [6.07, 6.45) is 1.85. The van der Waals surface area contributed by atoms with Crippen molar-refractivity contribution in [2.24, 2.45) is 0 Å². The Morgan fingerprint density at radius 3 is 2.80 bits per heavy atom. The Kier molecular flexibility index (Phi) is 5.53. The molecule has 0 aromatic carbocycles. The van der Waals surface area contributed by atoms with Crippen molar-refractivity contribution in [2.45, 2.75) is 36.6 Å². The summed E-state index contributed by atoms with van der Waals surface area (Å²) in [5, 5.41) is 0. The number of rotatable bonds is 6. The van der Waals surface area contributed by atoms with Gasteiger partial charge in [-0.1, -0.05) is 6.92 Å². The van der Waals surface area contributed by atoms with Crippen LogP contribution >= 0.6 is 27.5 Å². The SMILES string of the molecule is CCN(CC1CCCO1)S(=O)(=O)c1cc(CCl)oc1Br. The molecule has 1 saturated heterocycles. The quantitative estimate of drug-likeness (QED) is 0.705. The molecule has 0 spiro atoms. The zero-order valence-electron chi connectivity index (χ0n) is 11.1. The van der Waals surface area contributed by atoms with Crippen LogP contribution in [0.5, 0.6) is 0 Å². The topological polar surface area (TPSA) is 59.8 Å². The van der Waals surface area contributed by atoms with Crippen LogP contribution in [0.1, 0.15) is 25.5 Å². The molecule has 0 saturated carbocycles. The fraction of sp³-hybridized carbons (Fsp3) is 0.667. The number of sulfonamides is 1. The van der Waals surface area contributed by atoms with Gasteiger partial charge in [-0.25, -0.2) is 8.42 Å². The van der Waals surface area contributed by atoms with Gasteiger partial charge in [0, 0.05) is 25.8 Å². The minimum Gasteiger partial charge on any atom is -0.452 e. The van der Waals surface area contributed by atoms with Gasteiger partial charge in [0.1, 0.15) is 10.7 Å². The molecular weight excluding hydrogens is 370 g/mol. The highest BCUT2D eigenvalue weighted by Gasteiger charge is 2.31. The van der Waals surface area contributed by atoms with Crippen LogP contribution in [0.3, 0.4) is 0 Å². The van der Waals surface area contributed by atoms with Crippen LogP contribution in [-0.2, 0) is 20.6 Å². The van der Waals surface area contributed by atoms with Crippen molar-refractivity contribution in [1.82, 2.24) is 4.31 Å². The first-order valence-corrected chi connectivity index (χ1v) is 9.21. The van der Waals surface area contributed by atoms with Gasteiger partial charge in [0.2, 0.25) is 10.0 Å². The summed E-state index contributed by atoms with van der Waals surface area (Å²) in [7, 11) is -3.60. The van der Waals surface area contributed by atoms with Gasteiger partial charge in [-0.2, -0.15) is 4.31 Å². The average molecular weight is 387 g/mol. The number of furan rings is 1. The third-order valence-corrected chi connectivity index (χ3v) is 6.30. The molecule has 1 aromatic rings. The molecule has 114 valence electrons. The van der Waals surface area contributed by atoms with E-state index in [9.17, 15) is 8.42 Å². The molecule has 5 nitrogen and oxygen atoms in total. The lowest BCUT2D eigenvalue weighted by atomic mass is 10.2. The summed E-state index contributed by atoms with van der Waals surface area (Å²) >= 11 is 8.81. The van der Waals surface area contributed by atoms with Gasteiger partial charge in [-0.15, -0.1) is 11.6 Å². The Morgan fingerprint density at radius 1 is 1.55 bits per heavy atom. The molecule has 2 heterocycles. The van der Waals surface area contributed by atoms with Crippen LogP contribution < -0.4 is 0 Å². The number of likely N-dealkylation sites (N-methyl/N-ethyl adjacent to an activating group) is 1. The maximum Gasteiger partial charge on any atom is 0.247 e. The molecule has 1 unspecified atom stereocenters. The molecule has 0 N–H and O–H groups in total. The van der Waals surface area contributed by atoms with E-state index in [0.29, 0.717) is 25.5 Å². The van der Waals surface area contributed by atoms with E-state index >= 15 is 0 Å². The van der Waals surface area contributed by atoms with E-state index in [-0.39, 0.29) is 21.5 Å². The van der Waals surface area contributed by atoms with Crippen molar-refractivity contribution in [3.63, 3.8) is 0 Å². The number of hydrogen-bond donors (Lipinski definition) is 0. The maximum atomic E-state index is 12.6. The van der Waals surface area contributed by atoms with Gasteiger partial charge in [0.05, 0.1) is 12.0 Å². The average Bonchev–Trinajstić information content (AvgIpc) is 3.04. The summed E-state index contributed by atoms with van der Waals surface area (Å²) in [6.45, 7) is 3.26. The second-order valence-corrected chi connectivity index (χ2v) is 7.47. The number of halogens is 2. The van der Waals surface area contributed by atoms with E-state index in [2.05, 4.69) is 15.9 Å². The third kappa shape index (κ3) is 3.39. The molecule has 8 heteroatoms. The van der Waals surface area contributed by atoms with E-state index in [1.54, 1.807) is 0 Å². The van der Waals surface area contributed by atoms with Crippen molar-refractivity contribution in [2.75, 3.05) is 19.7 Å². The first-order chi connectivity index (χ1) is 9.48. The third-order valence-electron chi connectivity index (χ3n) is 3.24. The van der Waals surface area contributed by atoms with Gasteiger partial charge in [-0.3, -0.25) is 0 Å². The van der Waals surface area contributed by atoms with Crippen molar-refractivity contribution in [3.05, 3.63) is 16.5 Å². The monoisotopic (exact) mass is 385 g/mol. The van der Waals surface area contributed by atoms with E-state index < -0.39 is 10.0 Å². The van der Waals surface area contributed by atoms with Gasteiger partial charge in [0.25, 0.3) is 0 Å². The van der Waals surface area contributed by atoms with Gasteiger partial charge < -0.3 is 9.15 Å². The van der Waals surface area contributed by atoms with E-state index in [0.717, 1.165) is 12.8 Å². The summed E-state index contributed by atoms with van der Waals surface area (Å²) in [5.41, 5.74) is 0. The summed E-state index contributed by atoms with van der Waals surface area (Å²) < 4.78 is 37.7. The molecular formula is C12H17BrClNO4S. The van der Waals surface area contributed by atoms with Crippen molar-refractivity contribution in [1.29, 1.82) is 0 Å². The fourth-order valence-electron chi connectivity index (χ4n) is 2.19. The van der Waals surface area contributed by atoms with Crippen molar-refractivity contribution in [3.8, 4) is 0 Å². The largest absolute Gasteiger partial charge is 0.452 e. The predicted octanol–water partition coefficient (Wildman–Crippen LogP) is 2.97. The number of nitrogens with zero attached hydrogens (tertiary/aromatic N) is 1. The fourth-order valence-corrected chi connectivity index (χ4v) is 4.76. The van der Waals surface area contributed by atoms with Crippen LogP contribution in [0, 0.1) is 0 Å². The minimum atomic E-state index is -3.60. The Labute approximate surface area is 132 Å². The van der Waals surface area contributed by atoms with Crippen LogP contribution in [0.4, 0.5) is 0 Å². The van der Waals surface area contributed by atoms with Crippen molar-refractivity contribution >= 4 is 37.6 Å². The smallest absolute Gasteiger partial charge is 0.247 e.